The number of rotatable bonds is 14. The number of fused-ring (bicyclic) bond motifs is 1. The largest absolute Gasteiger partial charge is 0.417 e. The zero-order chi connectivity index (χ0) is 35.4. The number of hydrogen-bond donors (Lipinski definition) is 0. The lowest BCUT2D eigenvalue weighted by molar-refractivity contribution is 0.144. The van der Waals surface area contributed by atoms with Gasteiger partial charge in [-0.15, -0.1) is 11.8 Å². The SMILES string of the molecule is CC#CCC(C)[C@@H](/C=C/[C@@H]1[C@H]2C/C(=C/CCCCO[Si](C)(C)C(C)(C)C)C[C@H]2C[C@H]1O[Si](C)(C)C(C)(C)C)O[Si](C)(C)C(C)(C)C. The van der Waals surface area contributed by atoms with Crippen LogP contribution in [0.5, 0.6) is 0 Å². The molecule has 0 aromatic rings. The van der Waals surface area contributed by atoms with Crippen molar-refractivity contribution in [3.05, 3.63) is 23.8 Å². The van der Waals surface area contributed by atoms with Gasteiger partial charge in [-0.1, -0.05) is 93.0 Å². The summed E-state index contributed by atoms with van der Waals surface area (Å²) in [7, 11) is -5.49. The lowest BCUT2D eigenvalue weighted by atomic mass is 9.89. The number of hydrogen-bond acceptors (Lipinski definition) is 3. The summed E-state index contributed by atoms with van der Waals surface area (Å²) < 4.78 is 20.8. The average Bonchev–Trinajstić information content (AvgIpc) is 3.41. The van der Waals surface area contributed by atoms with E-state index in [1.54, 1.807) is 5.57 Å². The first-order valence-electron chi connectivity index (χ1n) is 18.6. The van der Waals surface area contributed by atoms with Gasteiger partial charge < -0.3 is 13.3 Å². The van der Waals surface area contributed by atoms with Crippen molar-refractivity contribution in [2.45, 2.75) is 188 Å². The molecule has 0 heterocycles. The second kappa shape index (κ2) is 16.1. The minimum atomic E-state index is -1.95. The van der Waals surface area contributed by atoms with E-state index < -0.39 is 25.0 Å². The van der Waals surface area contributed by atoms with Gasteiger partial charge in [0.25, 0.3) is 0 Å². The lowest BCUT2D eigenvalue weighted by Gasteiger charge is -2.41. The molecule has 2 fully saturated rings. The first kappa shape index (κ1) is 41.7. The van der Waals surface area contributed by atoms with E-state index in [9.17, 15) is 0 Å². The van der Waals surface area contributed by atoms with Crippen molar-refractivity contribution >= 4 is 25.0 Å². The first-order valence-corrected chi connectivity index (χ1v) is 27.3. The normalized spacial score (nSPS) is 25.5. The lowest BCUT2D eigenvalue weighted by Crippen LogP contribution is -2.45. The molecule has 0 bridgehead atoms. The number of unbranched alkanes of at least 4 members (excludes halogenated alkanes) is 2. The molecule has 0 spiro atoms. The van der Waals surface area contributed by atoms with Gasteiger partial charge in [0.1, 0.15) is 0 Å². The van der Waals surface area contributed by atoms with E-state index in [1.165, 1.54) is 32.1 Å². The smallest absolute Gasteiger partial charge is 0.192 e. The van der Waals surface area contributed by atoms with Gasteiger partial charge in [0.2, 0.25) is 0 Å². The molecule has 0 saturated heterocycles. The van der Waals surface area contributed by atoms with Crippen molar-refractivity contribution in [2.24, 2.45) is 23.7 Å². The molecular formula is C40H76O3Si3. The highest BCUT2D eigenvalue weighted by Gasteiger charge is 2.50. The Morgan fingerprint density at radius 1 is 0.826 bits per heavy atom. The quantitative estimate of drug-likeness (QED) is 0.0787. The zero-order valence-electron chi connectivity index (χ0n) is 33.6. The van der Waals surface area contributed by atoms with E-state index in [-0.39, 0.29) is 21.2 Å². The standard InChI is InChI=1S/C40H76O3Si3/c1-18-19-23-31(2)36(42-45(14,15)39(6,7)8)26-25-34-35-29-32(24-21-20-22-27-41-44(12,13)38(3,4)5)28-33(35)30-37(34)43-46(16,17)40(9,10)11/h24-26,31,33-37H,20-23,27-30H2,1-17H3/b26-25+,32-24+/t31?,33-,34+,35-,36+,37+/m0/s1. The van der Waals surface area contributed by atoms with Gasteiger partial charge in [0.05, 0.1) is 12.2 Å². The van der Waals surface area contributed by atoms with Gasteiger partial charge in [0, 0.05) is 18.9 Å². The highest BCUT2D eigenvalue weighted by molar-refractivity contribution is 6.75. The van der Waals surface area contributed by atoms with Crippen LogP contribution in [0, 0.1) is 35.5 Å². The summed E-state index contributed by atoms with van der Waals surface area (Å²) >= 11 is 0. The van der Waals surface area contributed by atoms with Crippen LogP contribution in [0.4, 0.5) is 0 Å². The fourth-order valence-electron chi connectivity index (χ4n) is 6.17. The summed E-state index contributed by atoms with van der Waals surface area (Å²) in [5.41, 5.74) is 1.69. The van der Waals surface area contributed by atoms with Crippen LogP contribution < -0.4 is 0 Å². The molecule has 3 nitrogen and oxygen atoms in total. The number of allylic oxidation sites excluding steroid dienone is 2. The summed E-state index contributed by atoms with van der Waals surface area (Å²) in [5, 5.41) is 0.662. The minimum Gasteiger partial charge on any atom is -0.417 e. The predicted octanol–water partition coefficient (Wildman–Crippen LogP) is 12.5. The molecule has 2 aliphatic carbocycles. The Labute approximate surface area is 290 Å². The van der Waals surface area contributed by atoms with E-state index in [4.69, 9.17) is 13.3 Å². The van der Waals surface area contributed by atoms with Crippen LogP contribution in [-0.4, -0.2) is 43.8 Å². The third kappa shape index (κ3) is 11.3. The molecule has 6 heteroatoms. The predicted molar refractivity (Wildman–Crippen MR) is 210 cm³/mol. The Bertz CT molecular complexity index is 1090. The maximum Gasteiger partial charge on any atom is 0.192 e. The van der Waals surface area contributed by atoms with E-state index in [0.717, 1.165) is 25.4 Å². The molecule has 2 rings (SSSR count). The van der Waals surface area contributed by atoms with Gasteiger partial charge in [0.15, 0.2) is 25.0 Å². The Kier molecular flexibility index (Phi) is 14.6. The van der Waals surface area contributed by atoms with Gasteiger partial charge >= 0.3 is 0 Å². The molecule has 1 unspecified atom stereocenters. The molecule has 6 atom stereocenters. The Balaban J connectivity index is 2.24. The summed E-state index contributed by atoms with van der Waals surface area (Å²) in [6.45, 7) is 40.6. The van der Waals surface area contributed by atoms with Crippen LogP contribution >= 0.6 is 0 Å². The van der Waals surface area contributed by atoms with Crippen LogP contribution in [-0.2, 0) is 13.3 Å². The van der Waals surface area contributed by atoms with Gasteiger partial charge in [-0.25, -0.2) is 0 Å². The molecule has 0 aromatic carbocycles. The monoisotopic (exact) mass is 689 g/mol. The van der Waals surface area contributed by atoms with Crippen LogP contribution in [0.25, 0.3) is 0 Å². The Hall–Kier alpha value is -0.429. The van der Waals surface area contributed by atoms with Crippen molar-refractivity contribution in [1.29, 1.82) is 0 Å². The fourth-order valence-corrected chi connectivity index (χ4v) is 9.97. The van der Waals surface area contributed by atoms with Crippen LogP contribution in [0.3, 0.4) is 0 Å². The van der Waals surface area contributed by atoms with Gasteiger partial charge in [-0.05, 0) is 118 Å². The molecule has 0 aliphatic heterocycles. The summed E-state index contributed by atoms with van der Waals surface area (Å²) in [6.07, 6.45) is 16.1. The third-order valence-corrected chi connectivity index (χ3v) is 26.1. The van der Waals surface area contributed by atoms with Crippen molar-refractivity contribution in [2.75, 3.05) is 6.61 Å². The van der Waals surface area contributed by atoms with Crippen LogP contribution in [0.15, 0.2) is 23.8 Å². The van der Waals surface area contributed by atoms with E-state index in [0.29, 0.717) is 23.9 Å². The van der Waals surface area contributed by atoms with Crippen molar-refractivity contribution in [3.8, 4) is 11.8 Å². The van der Waals surface area contributed by atoms with Crippen molar-refractivity contribution < 1.29 is 13.3 Å². The van der Waals surface area contributed by atoms with Gasteiger partial charge in [-0.2, -0.15) is 0 Å². The highest BCUT2D eigenvalue weighted by atomic mass is 28.4. The molecule has 0 amide bonds. The minimum absolute atomic E-state index is 0.0827. The van der Waals surface area contributed by atoms with Crippen LogP contribution in [0.2, 0.25) is 54.4 Å². The molecule has 2 saturated carbocycles. The Morgan fingerprint density at radius 3 is 1.96 bits per heavy atom. The topological polar surface area (TPSA) is 27.7 Å². The van der Waals surface area contributed by atoms with E-state index in [2.05, 4.69) is 139 Å². The summed E-state index contributed by atoms with van der Waals surface area (Å²) in [6, 6.07) is 0. The average molecular weight is 689 g/mol. The molecule has 46 heavy (non-hydrogen) atoms. The highest BCUT2D eigenvalue weighted by Crippen LogP contribution is 2.53. The van der Waals surface area contributed by atoms with E-state index >= 15 is 0 Å². The molecule has 2 aliphatic rings. The van der Waals surface area contributed by atoms with Gasteiger partial charge in [-0.3, -0.25) is 0 Å². The zero-order valence-corrected chi connectivity index (χ0v) is 36.6. The van der Waals surface area contributed by atoms with Crippen molar-refractivity contribution in [1.82, 2.24) is 0 Å². The molecular weight excluding hydrogens is 613 g/mol. The summed E-state index contributed by atoms with van der Waals surface area (Å²) in [4.78, 5) is 0. The first-order chi connectivity index (χ1) is 20.8. The molecule has 0 aromatic heterocycles. The fraction of sp³-hybridized carbons (Fsp3) is 0.850. The van der Waals surface area contributed by atoms with E-state index in [1.807, 2.05) is 6.92 Å². The summed E-state index contributed by atoms with van der Waals surface area (Å²) in [5.74, 6) is 8.65. The second-order valence-corrected chi connectivity index (χ2v) is 33.7. The maximum absolute atomic E-state index is 7.24. The molecule has 0 N–H and O–H groups in total. The molecule has 266 valence electrons. The Morgan fingerprint density at radius 2 is 1.41 bits per heavy atom. The third-order valence-electron chi connectivity index (χ3n) is 12.6. The molecule has 0 radical (unpaired) electrons. The maximum atomic E-state index is 7.24. The van der Waals surface area contributed by atoms with Crippen molar-refractivity contribution in [3.63, 3.8) is 0 Å². The second-order valence-electron chi connectivity index (χ2n) is 19.4. The van der Waals surface area contributed by atoms with Crippen LogP contribution in [0.1, 0.15) is 121 Å².